The van der Waals surface area contributed by atoms with E-state index in [1.54, 1.807) is 0 Å². The standard InChI is InChI=1S/C15H20O2/c16-15(8-10-17-11-9-15)14-7-2-1-6-13(14)12-4-3-5-12/h1-2,6-7,12,16H,3-5,8-11H2. The van der Waals surface area contributed by atoms with Gasteiger partial charge in [0.05, 0.1) is 5.60 Å². The Hall–Kier alpha value is -0.860. The molecule has 1 aliphatic carbocycles. The van der Waals surface area contributed by atoms with Crippen LogP contribution in [-0.2, 0) is 10.3 Å². The summed E-state index contributed by atoms with van der Waals surface area (Å²) >= 11 is 0. The third kappa shape index (κ3) is 2.00. The molecular formula is C15H20O2. The van der Waals surface area contributed by atoms with Gasteiger partial charge in [-0.3, -0.25) is 0 Å². The van der Waals surface area contributed by atoms with Gasteiger partial charge in [-0.1, -0.05) is 30.7 Å². The van der Waals surface area contributed by atoms with Gasteiger partial charge in [0, 0.05) is 26.1 Å². The van der Waals surface area contributed by atoms with Crippen molar-refractivity contribution in [2.45, 2.75) is 43.6 Å². The van der Waals surface area contributed by atoms with Crippen LogP contribution in [-0.4, -0.2) is 18.3 Å². The lowest BCUT2D eigenvalue weighted by Gasteiger charge is -2.37. The summed E-state index contributed by atoms with van der Waals surface area (Å²) in [5.41, 5.74) is 1.89. The third-order valence-electron chi connectivity index (χ3n) is 4.33. The first-order valence-electron chi connectivity index (χ1n) is 6.69. The second-order valence-electron chi connectivity index (χ2n) is 5.36. The zero-order valence-corrected chi connectivity index (χ0v) is 10.2. The third-order valence-corrected chi connectivity index (χ3v) is 4.33. The minimum Gasteiger partial charge on any atom is -0.385 e. The van der Waals surface area contributed by atoms with Gasteiger partial charge in [-0.25, -0.2) is 0 Å². The maximum Gasteiger partial charge on any atom is 0.0943 e. The van der Waals surface area contributed by atoms with Gasteiger partial charge in [0.15, 0.2) is 0 Å². The molecule has 1 saturated heterocycles. The monoisotopic (exact) mass is 232 g/mol. The highest BCUT2D eigenvalue weighted by molar-refractivity contribution is 5.36. The van der Waals surface area contributed by atoms with Crippen molar-refractivity contribution < 1.29 is 9.84 Å². The van der Waals surface area contributed by atoms with E-state index in [1.807, 2.05) is 6.07 Å². The van der Waals surface area contributed by atoms with E-state index in [4.69, 9.17) is 4.74 Å². The second kappa shape index (κ2) is 4.43. The molecule has 1 heterocycles. The van der Waals surface area contributed by atoms with Crippen molar-refractivity contribution in [1.29, 1.82) is 0 Å². The summed E-state index contributed by atoms with van der Waals surface area (Å²) in [6, 6.07) is 8.45. The molecule has 92 valence electrons. The first-order valence-corrected chi connectivity index (χ1v) is 6.69. The second-order valence-corrected chi connectivity index (χ2v) is 5.36. The first kappa shape index (κ1) is 11.2. The van der Waals surface area contributed by atoms with Crippen LogP contribution in [0.1, 0.15) is 49.1 Å². The fourth-order valence-electron chi connectivity index (χ4n) is 2.97. The van der Waals surface area contributed by atoms with E-state index >= 15 is 0 Å². The lowest BCUT2D eigenvalue weighted by molar-refractivity contribution is -0.0687. The fraction of sp³-hybridized carbons (Fsp3) is 0.600. The van der Waals surface area contributed by atoms with Crippen molar-refractivity contribution >= 4 is 0 Å². The van der Waals surface area contributed by atoms with Crippen LogP contribution >= 0.6 is 0 Å². The molecule has 1 aromatic rings. The van der Waals surface area contributed by atoms with Crippen molar-refractivity contribution in [2.24, 2.45) is 0 Å². The molecule has 2 aliphatic rings. The molecule has 0 spiro atoms. The van der Waals surface area contributed by atoms with Crippen molar-refractivity contribution in [3.63, 3.8) is 0 Å². The number of aliphatic hydroxyl groups is 1. The maximum absolute atomic E-state index is 10.8. The highest BCUT2D eigenvalue weighted by Crippen LogP contribution is 2.43. The smallest absolute Gasteiger partial charge is 0.0943 e. The summed E-state index contributed by atoms with van der Waals surface area (Å²) in [7, 11) is 0. The van der Waals surface area contributed by atoms with Gasteiger partial charge in [0.25, 0.3) is 0 Å². The van der Waals surface area contributed by atoms with Crippen LogP contribution in [0, 0.1) is 0 Å². The molecule has 2 fully saturated rings. The summed E-state index contributed by atoms with van der Waals surface area (Å²) in [6.45, 7) is 1.35. The number of benzene rings is 1. The van der Waals surface area contributed by atoms with E-state index in [0.717, 1.165) is 18.4 Å². The molecule has 0 aromatic heterocycles. The highest BCUT2D eigenvalue weighted by Gasteiger charge is 2.35. The summed E-state index contributed by atoms with van der Waals surface area (Å²) in [4.78, 5) is 0. The van der Waals surface area contributed by atoms with E-state index in [2.05, 4.69) is 18.2 Å². The Kier molecular flexibility index (Phi) is 2.93. The van der Waals surface area contributed by atoms with Gasteiger partial charge in [-0.15, -0.1) is 0 Å². The van der Waals surface area contributed by atoms with E-state index in [-0.39, 0.29) is 0 Å². The number of hydrogen-bond acceptors (Lipinski definition) is 2. The average molecular weight is 232 g/mol. The molecule has 17 heavy (non-hydrogen) atoms. The van der Waals surface area contributed by atoms with Crippen molar-refractivity contribution in [1.82, 2.24) is 0 Å². The minimum atomic E-state index is -0.648. The molecule has 1 saturated carbocycles. The molecule has 1 N–H and O–H groups in total. The van der Waals surface area contributed by atoms with Crippen LogP contribution in [0.3, 0.4) is 0 Å². The van der Waals surface area contributed by atoms with Crippen molar-refractivity contribution in [2.75, 3.05) is 13.2 Å². The Morgan fingerprint density at radius 3 is 2.47 bits per heavy atom. The Labute approximate surface area is 103 Å². The van der Waals surface area contributed by atoms with E-state index in [9.17, 15) is 5.11 Å². The van der Waals surface area contributed by atoms with Crippen molar-refractivity contribution in [3.05, 3.63) is 35.4 Å². The Morgan fingerprint density at radius 1 is 1.12 bits per heavy atom. The molecule has 0 amide bonds. The van der Waals surface area contributed by atoms with Gasteiger partial charge in [0.1, 0.15) is 0 Å². The first-order chi connectivity index (χ1) is 8.30. The molecule has 3 rings (SSSR count). The van der Waals surface area contributed by atoms with E-state index < -0.39 is 5.60 Å². The summed E-state index contributed by atoms with van der Waals surface area (Å²) in [5, 5.41) is 10.8. The number of hydrogen-bond donors (Lipinski definition) is 1. The van der Waals surface area contributed by atoms with Gasteiger partial charge in [-0.2, -0.15) is 0 Å². The maximum atomic E-state index is 10.8. The van der Waals surface area contributed by atoms with Gasteiger partial charge >= 0.3 is 0 Å². The van der Waals surface area contributed by atoms with Crippen molar-refractivity contribution in [3.8, 4) is 0 Å². The Balaban J connectivity index is 1.95. The SMILES string of the molecule is OC1(c2ccccc2C2CCC2)CCOCC1. The molecule has 2 heteroatoms. The van der Waals surface area contributed by atoms with Crippen LogP contribution in [0.5, 0.6) is 0 Å². The van der Waals surface area contributed by atoms with E-state index in [1.165, 1.54) is 24.8 Å². The quantitative estimate of drug-likeness (QED) is 0.849. The highest BCUT2D eigenvalue weighted by atomic mass is 16.5. The largest absolute Gasteiger partial charge is 0.385 e. The number of ether oxygens (including phenoxy) is 1. The van der Waals surface area contributed by atoms with Crippen LogP contribution in [0.25, 0.3) is 0 Å². The molecule has 0 radical (unpaired) electrons. The van der Waals surface area contributed by atoms with Crippen LogP contribution < -0.4 is 0 Å². The van der Waals surface area contributed by atoms with Crippen LogP contribution in [0.2, 0.25) is 0 Å². The van der Waals surface area contributed by atoms with Gasteiger partial charge in [0.2, 0.25) is 0 Å². The summed E-state index contributed by atoms with van der Waals surface area (Å²) in [6.07, 6.45) is 5.36. The zero-order valence-electron chi connectivity index (χ0n) is 10.2. The average Bonchev–Trinajstić information content (AvgIpc) is 2.28. The lowest BCUT2D eigenvalue weighted by Crippen LogP contribution is -2.35. The Morgan fingerprint density at radius 2 is 1.82 bits per heavy atom. The normalized spacial score (nSPS) is 24.3. The zero-order chi connectivity index (χ0) is 11.7. The molecule has 1 aliphatic heterocycles. The molecule has 0 atom stereocenters. The van der Waals surface area contributed by atoms with Gasteiger partial charge in [-0.05, 0) is 29.9 Å². The Bertz CT molecular complexity index is 390. The van der Waals surface area contributed by atoms with E-state index in [0.29, 0.717) is 19.1 Å². The summed E-state index contributed by atoms with van der Waals surface area (Å²) in [5.74, 6) is 0.679. The summed E-state index contributed by atoms with van der Waals surface area (Å²) < 4.78 is 5.37. The molecule has 0 unspecified atom stereocenters. The minimum absolute atomic E-state index is 0.648. The predicted molar refractivity (Wildman–Crippen MR) is 67.0 cm³/mol. The topological polar surface area (TPSA) is 29.5 Å². The lowest BCUT2D eigenvalue weighted by atomic mass is 9.73. The molecule has 0 bridgehead atoms. The van der Waals surface area contributed by atoms with Gasteiger partial charge < -0.3 is 9.84 Å². The molecule has 1 aromatic carbocycles. The van der Waals surface area contributed by atoms with Crippen LogP contribution in [0.15, 0.2) is 24.3 Å². The molecule has 2 nitrogen and oxygen atoms in total. The predicted octanol–water partition coefficient (Wildman–Crippen LogP) is 2.95. The van der Waals surface area contributed by atoms with Crippen LogP contribution in [0.4, 0.5) is 0 Å². The number of rotatable bonds is 2. The molecular weight excluding hydrogens is 212 g/mol. The fourth-order valence-corrected chi connectivity index (χ4v) is 2.97.